The van der Waals surface area contributed by atoms with Crippen LogP contribution >= 0.6 is 0 Å². The van der Waals surface area contributed by atoms with Crippen LogP contribution in [0.3, 0.4) is 0 Å². The van der Waals surface area contributed by atoms with E-state index >= 15 is 4.39 Å². The molecule has 1 aromatic heterocycles. The van der Waals surface area contributed by atoms with Crippen molar-refractivity contribution in [3.05, 3.63) is 112 Å². The predicted octanol–water partition coefficient (Wildman–Crippen LogP) is 4.52. The summed E-state index contributed by atoms with van der Waals surface area (Å²) in [6.07, 6.45) is 3.78. The van der Waals surface area contributed by atoms with Gasteiger partial charge in [0.05, 0.1) is 22.6 Å². The highest BCUT2D eigenvalue weighted by molar-refractivity contribution is 6.03. The lowest BCUT2D eigenvalue weighted by Gasteiger charge is -2.32. The standard InChI is InChI=1S/C31H33FN6O2/c1-19-14-28(38(37-19)25-7-2-4-21(15-25)18-33)30(40)36-27-17-24(10-11-26(27)32)31(35,13-12-20-8-9-20)23-6-3-5-22(16-23)29(34)39/h2-7,10-11,14-17,20H,8-9,12-13,18,33,35H2,1H3,(H2,34,39)(H,36,40). The van der Waals surface area contributed by atoms with Gasteiger partial charge in [-0.15, -0.1) is 0 Å². The Labute approximate surface area is 232 Å². The van der Waals surface area contributed by atoms with Gasteiger partial charge in [0, 0.05) is 12.1 Å². The van der Waals surface area contributed by atoms with Crippen LogP contribution in [0.25, 0.3) is 5.69 Å². The zero-order valence-corrected chi connectivity index (χ0v) is 22.4. The second-order valence-corrected chi connectivity index (χ2v) is 10.5. The summed E-state index contributed by atoms with van der Waals surface area (Å²) in [7, 11) is 0. The lowest BCUT2D eigenvalue weighted by Crippen LogP contribution is -2.38. The van der Waals surface area contributed by atoms with Gasteiger partial charge in [-0.1, -0.05) is 43.2 Å². The Morgan fingerprint density at radius 2 is 1.80 bits per heavy atom. The fourth-order valence-electron chi connectivity index (χ4n) is 5.00. The maximum Gasteiger partial charge on any atom is 0.274 e. The Hall–Kier alpha value is -4.34. The molecule has 0 saturated heterocycles. The molecule has 7 N–H and O–H groups in total. The highest BCUT2D eigenvalue weighted by Crippen LogP contribution is 2.40. The van der Waals surface area contributed by atoms with Crippen molar-refractivity contribution in [3.8, 4) is 5.69 Å². The summed E-state index contributed by atoms with van der Waals surface area (Å²) in [6, 6.07) is 20.5. The van der Waals surface area contributed by atoms with Crippen molar-refractivity contribution in [3.63, 3.8) is 0 Å². The summed E-state index contributed by atoms with van der Waals surface area (Å²) in [5.41, 5.74) is 21.5. The smallest absolute Gasteiger partial charge is 0.274 e. The van der Waals surface area contributed by atoms with Crippen LogP contribution in [0.1, 0.15) is 68.9 Å². The summed E-state index contributed by atoms with van der Waals surface area (Å²) < 4.78 is 16.6. The Balaban J connectivity index is 1.50. The summed E-state index contributed by atoms with van der Waals surface area (Å²) in [6.45, 7) is 2.13. The number of hydrogen-bond donors (Lipinski definition) is 4. The van der Waals surface area contributed by atoms with Crippen LogP contribution in [-0.4, -0.2) is 21.6 Å². The van der Waals surface area contributed by atoms with Crippen LogP contribution in [-0.2, 0) is 12.1 Å². The third-order valence-corrected chi connectivity index (χ3v) is 7.49. The van der Waals surface area contributed by atoms with E-state index < -0.39 is 23.2 Å². The fraction of sp³-hybridized carbons (Fsp3) is 0.258. The third kappa shape index (κ3) is 5.66. The van der Waals surface area contributed by atoms with Gasteiger partial charge >= 0.3 is 0 Å². The molecular formula is C31H33FN6O2. The number of benzene rings is 3. The second-order valence-electron chi connectivity index (χ2n) is 10.5. The Bertz CT molecular complexity index is 1580. The number of aryl methyl sites for hydroxylation is 1. The van der Waals surface area contributed by atoms with E-state index in [4.69, 9.17) is 17.2 Å². The van der Waals surface area contributed by atoms with E-state index in [1.165, 1.54) is 10.7 Å². The first-order chi connectivity index (χ1) is 19.2. The highest BCUT2D eigenvalue weighted by atomic mass is 19.1. The van der Waals surface area contributed by atoms with Gasteiger partial charge in [0.15, 0.2) is 0 Å². The monoisotopic (exact) mass is 540 g/mol. The van der Waals surface area contributed by atoms with E-state index in [2.05, 4.69) is 10.4 Å². The minimum Gasteiger partial charge on any atom is -0.366 e. The van der Waals surface area contributed by atoms with Crippen molar-refractivity contribution in [1.82, 2.24) is 9.78 Å². The van der Waals surface area contributed by atoms with E-state index in [0.29, 0.717) is 47.0 Å². The number of aromatic nitrogens is 2. The van der Waals surface area contributed by atoms with E-state index in [1.807, 2.05) is 30.3 Å². The molecule has 206 valence electrons. The topological polar surface area (TPSA) is 142 Å². The molecular weight excluding hydrogens is 507 g/mol. The second kappa shape index (κ2) is 11.0. The molecule has 1 saturated carbocycles. The number of amides is 2. The molecule has 1 aliphatic carbocycles. The maximum absolute atomic E-state index is 15.1. The van der Waals surface area contributed by atoms with Crippen molar-refractivity contribution >= 4 is 17.5 Å². The van der Waals surface area contributed by atoms with Gasteiger partial charge in [-0.25, -0.2) is 9.07 Å². The largest absolute Gasteiger partial charge is 0.366 e. The van der Waals surface area contributed by atoms with Crippen LogP contribution < -0.4 is 22.5 Å². The molecule has 1 fully saturated rings. The summed E-state index contributed by atoms with van der Waals surface area (Å²) >= 11 is 0. The fourth-order valence-corrected chi connectivity index (χ4v) is 5.00. The number of anilines is 1. The molecule has 0 bridgehead atoms. The number of nitrogens with two attached hydrogens (primary N) is 3. The van der Waals surface area contributed by atoms with Crippen molar-refractivity contribution in [1.29, 1.82) is 0 Å². The number of carbonyl (C=O) groups excluding carboxylic acids is 2. The van der Waals surface area contributed by atoms with Crippen LogP contribution in [0.5, 0.6) is 0 Å². The average Bonchev–Trinajstić information content (AvgIpc) is 3.71. The minimum absolute atomic E-state index is 0.00378. The van der Waals surface area contributed by atoms with Crippen LogP contribution in [0.2, 0.25) is 0 Å². The normalized spacial score (nSPS) is 14.5. The number of halogens is 1. The maximum atomic E-state index is 15.1. The van der Waals surface area contributed by atoms with Crippen molar-refractivity contribution in [2.45, 2.75) is 44.7 Å². The molecule has 9 heteroatoms. The van der Waals surface area contributed by atoms with E-state index in [-0.39, 0.29) is 11.4 Å². The lowest BCUT2D eigenvalue weighted by molar-refractivity contribution is 0.0996. The summed E-state index contributed by atoms with van der Waals surface area (Å²) in [5.74, 6) is -1.07. The SMILES string of the molecule is Cc1cc(C(=O)Nc2cc(C(N)(CCC3CC3)c3cccc(C(N)=O)c3)ccc2F)n(-c2cccc(CN)c2)n1. The molecule has 2 amide bonds. The zero-order chi connectivity index (χ0) is 28.4. The molecule has 1 aliphatic rings. The zero-order valence-electron chi connectivity index (χ0n) is 22.4. The van der Waals surface area contributed by atoms with Crippen LogP contribution in [0.15, 0.2) is 72.8 Å². The number of primary amides is 1. The first-order valence-corrected chi connectivity index (χ1v) is 13.3. The van der Waals surface area contributed by atoms with Gasteiger partial charge in [-0.2, -0.15) is 5.10 Å². The molecule has 1 atom stereocenters. The quantitative estimate of drug-likeness (QED) is 0.234. The highest BCUT2D eigenvalue weighted by Gasteiger charge is 2.34. The number of nitrogens with zero attached hydrogens (tertiary/aromatic N) is 2. The van der Waals surface area contributed by atoms with Crippen molar-refractivity contribution < 1.29 is 14.0 Å². The molecule has 1 heterocycles. The number of carbonyl (C=O) groups is 2. The van der Waals surface area contributed by atoms with Crippen molar-refractivity contribution in [2.24, 2.45) is 23.1 Å². The van der Waals surface area contributed by atoms with Gasteiger partial charge in [-0.3, -0.25) is 9.59 Å². The molecule has 0 radical (unpaired) electrons. The van der Waals surface area contributed by atoms with Gasteiger partial charge in [0.2, 0.25) is 5.91 Å². The van der Waals surface area contributed by atoms with Crippen molar-refractivity contribution in [2.75, 3.05) is 5.32 Å². The summed E-state index contributed by atoms with van der Waals surface area (Å²) in [5, 5.41) is 7.19. The lowest BCUT2D eigenvalue weighted by atomic mass is 9.79. The Kier molecular flexibility index (Phi) is 7.51. The molecule has 5 rings (SSSR count). The van der Waals surface area contributed by atoms with Crippen LogP contribution in [0, 0.1) is 18.7 Å². The molecule has 1 unspecified atom stereocenters. The van der Waals surface area contributed by atoms with Gasteiger partial charge in [0.1, 0.15) is 11.5 Å². The molecule has 8 nitrogen and oxygen atoms in total. The third-order valence-electron chi connectivity index (χ3n) is 7.49. The number of rotatable bonds is 10. The van der Waals surface area contributed by atoms with E-state index in [1.54, 1.807) is 43.3 Å². The van der Waals surface area contributed by atoms with Gasteiger partial charge in [0.25, 0.3) is 5.91 Å². The van der Waals surface area contributed by atoms with E-state index in [9.17, 15) is 9.59 Å². The summed E-state index contributed by atoms with van der Waals surface area (Å²) in [4.78, 5) is 25.3. The molecule has 0 aliphatic heterocycles. The van der Waals surface area contributed by atoms with Gasteiger partial charge < -0.3 is 22.5 Å². The Morgan fingerprint density at radius 1 is 1.05 bits per heavy atom. The van der Waals surface area contributed by atoms with E-state index in [0.717, 1.165) is 24.8 Å². The number of hydrogen-bond acceptors (Lipinski definition) is 5. The molecule has 3 aromatic carbocycles. The van der Waals surface area contributed by atoms with Crippen LogP contribution in [0.4, 0.5) is 10.1 Å². The molecule has 0 spiro atoms. The number of nitrogens with one attached hydrogen (secondary N) is 1. The minimum atomic E-state index is -1.03. The first-order valence-electron chi connectivity index (χ1n) is 13.3. The molecule has 40 heavy (non-hydrogen) atoms. The Morgan fingerprint density at radius 3 is 2.52 bits per heavy atom. The molecule has 4 aromatic rings. The predicted molar refractivity (Wildman–Crippen MR) is 152 cm³/mol. The average molecular weight is 541 g/mol. The van der Waals surface area contributed by atoms with Gasteiger partial charge in [-0.05, 0) is 84.8 Å². The first kappa shape index (κ1) is 27.2.